The number of amides is 1. The highest BCUT2D eigenvalue weighted by molar-refractivity contribution is 7.88. The van der Waals surface area contributed by atoms with Crippen molar-refractivity contribution >= 4 is 16.3 Å². The van der Waals surface area contributed by atoms with Gasteiger partial charge < -0.3 is 10.1 Å². The molecule has 0 bridgehead atoms. The van der Waals surface area contributed by atoms with Gasteiger partial charge in [0, 0.05) is 13.1 Å². The average Bonchev–Trinajstić information content (AvgIpc) is 2.27. The number of hydrogen-bond acceptors (Lipinski definition) is 5. The van der Waals surface area contributed by atoms with Crippen LogP contribution in [-0.2, 0) is 14.9 Å². The third-order valence-corrected chi connectivity index (χ3v) is 3.48. The zero-order valence-electron chi connectivity index (χ0n) is 11.2. The first-order chi connectivity index (χ1) is 8.89. The van der Waals surface area contributed by atoms with Crippen molar-refractivity contribution in [2.75, 3.05) is 19.6 Å². The quantitative estimate of drug-likeness (QED) is 0.610. The van der Waals surface area contributed by atoms with E-state index in [-0.39, 0.29) is 12.6 Å². The molecule has 0 aromatic carbocycles. The molecule has 0 aromatic rings. The minimum Gasteiger partial charge on any atom is -0.446 e. The van der Waals surface area contributed by atoms with E-state index in [2.05, 4.69) is 16.1 Å². The second-order valence-electron chi connectivity index (χ2n) is 4.52. The Morgan fingerprint density at radius 3 is 2.84 bits per heavy atom. The summed E-state index contributed by atoms with van der Waals surface area (Å²) in [6.07, 6.45) is 2.28. The fourth-order valence-corrected chi connectivity index (χ4v) is 2.34. The molecule has 0 radical (unpaired) electrons. The molecule has 0 aliphatic carbocycles. The molecular weight excluding hydrogens is 270 g/mol. The molecule has 1 amide bonds. The summed E-state index contributed by atoms with van der Waals surface area (Å²) in [5.74, 6) is 0. The molecule has 1 rings (SSSR count). The molecule has 1 heterocycles. The molecule has 3 N–H and O–H groups in total. The van der Waals surface area contributed by atoms with Crippen LogP contribution < -0.4 is 14.8 Å². The molecule has 110 valence electrons. The lowest BCUT2D eigenvalue weighted by Gasteiger charge is -2.14. The Bertz CT molecular complexity index is 431. The molecule has 0 saturated heterocycles. The Morgan fingerprint density at radius 1 is 1.53 bits per heavy atom. The summed E-state index contributed by atoms with van der Waals surface area (Å²) in [6, 6.07) is 0. The van der Waals surface area contributed by atoms with Gasteiger partial charge in [-0.3, -0.25) is 0 Å². The largest absolute Gasteiger partial charge is 0.446 e. The first kappa shape index (κ1) is 15.9. The lowest BCUT2D eigenvalue weighted by atomic mass is 10.1. The molecule has 1 aliphatic heterocycles. The predicted octanol–water partition coefficient (Wildman–Crippen LogP) is 0.265. The SMILES string of the molecule is CC(C)OC(=O)NS(=O)(=O)NCCC1=CCNCC1. The number of nitrogens with one attached hydrogen (secondary N) is 3. The van der Waals surface area contributed by atoms with Gasteiger partial charge in [0.25, 0.3) is 0 Å². The Hall–Kier alpha value is -1.12. The van der Waals surface area contributed by atoms with Crippen LogP contribution in [-0.4, -0.2) is 40.2 Å². The van der Waals surface area contributed by atoms with E-state index in [9.17, 15) is 13.2 Å². The van der Waals surface area contributed by atoms with Crippen LogP contribution in [0.2, 0.25) is 0 Å². The van der Waals surface area contributed by atoms with Crippen LogP contribution in [0.3, 0.4) is 0 Å². The maximum Gasteiger partial charge on any atom is 0.422 e. The molecule has 0 aromatic heterocycles. The van der Waals surface area contributed by atoms with Crippen LogP contribution in [0, 0.1) is 0 Å². The van der Waals surface area contributed by atoms with Gasteiger partial charge in [-0.25, -0.2) is 9.52 Å². The van der Waals surface area contributed by atoms with E-state index >= 15 is 0 Å². The smallest absolute Gasteiger partial charge is 0.422 e. The Morgan fingerprint density at radius 2 is 2.26 bits per heavy atom. The van der Waals surface area contributed by atoms with Gasteiger partial charge >= 0.3 is 16.3 Å². The summed E-state index contributed by atoms with van der Waals surface area (Å²) in [7, 11) is -3.84. The van der Waals surface area contributed by atoms with Crippen LogP contribution in [0.5, 0.6) is 0 Å². The van der Waals surface area contributed by atoms with E-state index in [0.29, 0.717) is 6.42 Å². The van der Waals surface area contributed by atoms with Crippen molar-refractivity contribution in [2.24, 2.45) is 0 Å². The van der Waals surface area contributed by atoms with E-state index in [1.807, 2.05) is 0 Å². The average molecular weight is 291 g/mol. The summed E-state index contributed by atoms with van der Waals surface area (Å²) in [6.45, 7) is 5.28. The fourth-order valence-electron chi connectivity index (χ4n) is 1.63. The Balaban J connectivity index is 2.30. The summed E-state index contributed by atoms with van der Waals surface area (Å²) in [4.78, 5) is 11.2. The van der Waals surface area contributed by atoms with Gasteiger partial charge in [0.15, 0.2) is 0 Å². The molecule has 1 aliphatic rings. The van der Waals surface area contributed by atoms with Gasteiger partial charge in [0.1, 0.15) is 0 Å². The highest BCUT2D eigenvalue weighted by Gasteiger charge is 2.15. The highest BCUT2D eigenvalue weighted by atomic mass is 32.2. The molecule has 0 atom stereocenters. The van der Waals surface area contributed by atoms with Crippen LogP contribution >= 0.6 is 0 Å². The van der Waals surface area contributed by atoms with Crippen molar-refractivity contribution in [3.63, 3.8) is 0 Å². The minimum atomic E-state index is -3.84. The minimum absolute atomic E-state index is 0.260. The van der Waals surface area contributed by atoms with Crippen LogP contribution in [0.15, 0.2) is 11.6 Å². The van der Waals surface area contributed by atoms with Crippen LogP contribution in [0.4, 0.5) is 4.79 Å². The van der Waals surface area contributed by atoms with Crippen molar-refractivity contribution in [3.8, 4) is 0 Å². The van der Waals surface area contributed by atoms with Gasteiger partial charge in [-0.15, -0.1) is 0 Å². The van der Waals surface area contributed by atoms with E-state index < -0.39 is 16.3 Å². The molecule has 0 saturated carbocycles. The standard InChI is InChI=1S/C11H21N3O4S/c1-9(2)18-11(15)14-19(16,17)13-8-5-10-3-6-12-7-4-10/h3,9,12-13H,4-8H2,1-2H3,(H,14,15). The zero-order valence-corrected chi connectivity index (χ0v) is 12.0. The Kier molecular flexibility index (Phi) is 6.26. The molecule has 8 heteroatoms. The molecule has 0 spiro atoms. The summed E-state index contributed by atoms with van der Waals surface area (Å²) >= 11 is 0. The number of rotatable bonds is 6. The molecule has 0 unspecified atom stereocenters. The molecule has 19 heavy (non-hydrogen) atoms. The van der Waals surface area contributed by atoms with Gasteiger partial charge in [0.05, 0.1) is 6.10 Å². The van der Waals surface area contributed by atoms with E-state index in [0.717, 1.165) is 19.5 Å². The predicted molar refractivity (Wildman–Crippen MR) is 71.9 cm³/mol. The van der Waals surface area contributed by atoms with Crippen LogP contribution in [0.25, 0.3) is 0 Å². The third-order valence-electron chi connectivity index (χ3n) is 2.46. The van der Waals surface area contributed by atoms with Crippen molar-refractivity contribution in [1.82, 2.24) is 14.8 Å². The van der Waals surface area contributed by atoms with Crippen molar-refractivity contribution in [1.29, 1.82) is 0 Å². The van der Waals surface area contributed by atoms with Crippen molar-refractivity contribution in [3.05, 3.63) is 11.6 Å². The highest BCUT2D eigenvalue weighted by Crippen LogP contribution is 2.07. The number of carbonyl (C=O) groups excluding carboxylic acids is 1. The summed E-state index contributed by atoms with van der Waals surface area (Å²) in [5.41, 5.74) is 1.21. The normalized spacial score (nSPS) is 16.1. The zero-order chi connectivity index (χ0) is 14.3. The first-order valence-corrected chi connectivity index (χ1v) is 7.74. The van der Waals surface area contributed by atoms with E-state index in [1.54, 1.807) is 18.6 Å². The van der Waals surface area contributed by atoms with E-state index in [4.69, 9.17) is 4.74 Å². The van der Waals surface area contributed by atoms with Crippen molar-refractivity contribution < 1.29 is 17.9 Å². The number of ether oxygens (including phenoxy) is 1. The first-order valence-electron chi connectivity index (χ1n) is 6.25. The summed E-state index contributed by atoms with van der Waals surface area (Å²) in [5, 5.41) is 3.18. The third kappa shape index (κ3) is 7.14. The maximum atomic E-state index is 11.5. The monoisotopic (exact) mass is 291 g/mol. The lowest BCUT2D eigenvalue weighted by Crippen LogP contribution is -2.41. The molecule has 0 fully saturated rings. The lowest BCUT2D eigenvalue weighted by molar-refractivity contribution is 0.121. The topological polar surface area (TPSA) is 96.5 Å². The van der Waals surface area contributed by atoms with Gasteiger partial charge in [-0.2, -0.15) is 13.1 Å². The van der Waals surface area contributed by atoms with Gasteiger partial charge in [-0.1, -0.05) is 11.6 Å². The van der Waals surface area contributed by atoms with Gasteiger partial charge in [-0.05, 0) is 33.2 Å². The number of hydrogen-bond donors (Lipinski definition) is 3. The van der Waals surface area contributed by atoms with Crippen LogP contribution in [0.1, 0.15) is 26.7 Å². The molecular formula is C11H21N3O4S. The van der Waals surface area contributed by atoms with Gasteiger partial charge in [0.2, 0.25) is 0 Å². The summed E-state index contributed by atoms with van der Waals surface area (Å²) < 4.78 is 31.8. The molecule has 7 nitrogen and oxygen atoms in total. The Labute approximate surface area is 114 Å². The second-order valence-corrected chi connectivity index (χ2v) is 6.02. The fraction of sp³-hybridized carbons (Fsp3) is 0.727. The maximum absolute atomic E-state index is 11.5. The van der Waals surface area contributed by atoms with Crippen molar-refractivity contribution in [2.45, 2.75) is 32.8 Å². The number of carbonyl (C=O) groups is 1. The second kappa shape index (κ2) is 7.46. The van der Waals surface area contributed by atoms with E-state index in [1.165, 1.54) is 5.57 Å².